The summed E-state index contributed by atoms with van der Waals surface area (Å²) in [5, 5.41) is 5.70. The first-order valence-corrected chi connectivity index (χ1v) is 9.31. The topological polar surface area (TPSA) is 84.5 Å². The molecule has 0 saturated carbocycles. The number of ether oxygens (including phenoxy) is 1. The van der Waals surface area contributed by atoms with Gasteiger partial charge in [-0.1, -0.05) is 0 Å². The molecule has 1 saturated heterocycles. The number of hydrogen-bond donors (Lipinski definition) is 2. The first-order chi connectivity index (χ1) is 10.8. The van der Waals surface area contributed by atoms with Gasteiger partial charge in [0.1, 0.15) is 18.2 Å². The van der Waals surface area contributed by atoms with Crippen LogP contribution in [-0.2, 0) is 14.6 Å². The Labute approximate surface area is 135 Å². The highest BCUT2D eigenvalue weighted by Gasteiger charge is 2.48. The van der Waals surface area contributed by atoms with Crippen LogP contribution >= 0.6 is 0 Å². The number of nitrogens with one attached hydrogen (secondary N) is 2. The number of carbonyl (C=O) groups excluding carboxylic acids is 1. The third-order valence-electron chi connectivity index (χ3n) is 4.00. The molecule has 0 unspecified atom stereocenters. The van der Waals surface area contributed by atoms with Crippen molar-refractivity contribution in [2.24, 2.45) is 0 Å². The Balaban J connectivity index is 1.88. The van der Waals surface area contributed by atoms with Crippen molar-refractivity contribution in [1.29, 1.82) is 0 Å². The van der Waals surface area contributed by atoms with Crippen molar-refractivity contribution in [3.05, 3.63) is 30.1 Å². The van der Waals surface area contributed by atoms with E-state index in [1.54, 1.807) is 0 Å². The van der Waals surface area contributed by atoms with Crippen LogP contribution in [0.5, 0.6) is 5.75 Å². The summed E-state index contributed by atoms with van der Waals surface area (Å²) >= 11 is 0. The van der Waals surface area contributed by atoms with E-state index in [1.807, 2.05) is 0 Å². The van der Waals surface area contributed by atoms with Gasteiger partial charge in [0.05, 0.1) is 6.54 Å². The third kappa shape index (κ3) is 4.20. The number of amides is 1. The fourth-order valence-electron chi connectivity index (χ4n) is 2.62. The molecular weight excluding hydrogens is 323 g/mol. The molecule has 6 nitrogen and oxygen atoms in total. The van der Waals surface area contributed by atoms with Crippen molar-refractivity contribution in [2.75, 3.05) is 32.5 Å². The minimum atomic E-state index is -3.52. The lowest BCUT2D eigenvalue weighted by molar-refractivity contribution is -0.124. The van der Waals surface area contributed by atoms with E-state index in [9.17, 15) is 17.6 Å². The molecule has 1 fully saturated rings. The molecule has 1 aromatic rings. The van der Waals surface area contributed by atoms with Gasteiger partial charge < -0.3 is 15.4 Å². The summed E-state index contributed by atoms with van der Waals surface area (Å²) in [7, 11) is -3.52. The zero-order valence-electron chi connectivity index (χ0n) is 13.0. The largest absolute Gasteiger partial charge is 0.492 e. The Morgan fingerprint density at radius 2 is 1.91 bits per heavy atom. The minimum Gasteiger partial charge on any atom is -0.492 e. The lowest BCUT2D eigenvalue weighted by Crippen LogP contribution is -2.57. The predicted molar refractivity (Wildman–Crippen MR) is 84.6 cm³/mol. The SMILES string of the molecule is CS(=O)(=O)C1(C(=O)NCCOc2ccc(F)cc2)CCNCC1. The minimum absolute atomic E-state index is 0.176. The van der Waals surface area contributed by atoms with E-state index in [0.29, 0.717) is 18.8 Å². The molecule has 0 aromatic heterocycles. The number of halogens is 1. The molecule has 0 spiro atoms. The monoisotopic (exact) mass is 344 g/mol. The maximum Gasteiger partial charge on any atom is 0.241 e. The lowest BCUT2D eigenvalue weighted by Gasteiger charge is -2.34. The molecule has 1 aliphatic rings. The van der Waals surface area contributed by atoms with E-state index < -0.39 is 20.5 Å². The molecule has 128 valence electrons. The second kappa shape index (κ2) is 7.27. The summed E-state index contributed by atoms with van der Waals surface area (Å²) in [6.45, 7) is 1.34. The van der Waals surface area contributed by atoms with E-state index in [1.165, 1.54) is 24.3 Å². The van der Waals surface area contributed by atoms with E-state index >= 15 is 0 Å². The molecule has 2 rings (SSSR count). The van der Waals surface area contributed by atoms with Gasteiger partial charge in [0.2, 0.25) is 5.91 Å². The van der Waals surface area contributed by atoms with Crippen LogP contribution in [0.25, 0.3) is 0 Å². The van der Waals surface area contributed by atoms with E-state index in [2.05, 4.69) is 10.6 Å². The average molecular weight is 344 g/mol. The van der Waals surface area contributed by atoms with Crippen molar-refractivity contribution < 1.29 is 22.3 Å². The van der Waals surface area contributed by atoms with Crippen LogP contribution in [0.4, 0.5) is 4.39 Å². The van der Waals surface area contributed by atoms with Gasteiger partial charge in [-0.3, -0.25) is 4.79 Å². The number of piperidine rings is 1. The molecule has 1 aromatic carbocycles. The molecule has 1 aliphatic heterocycles. The van der Waals surface area contributed by atoms with E-state index in [0.717, 1.165) is 6.26 Å². The number of sulfone groups is 1. The van der Waals surface area contributed by atoms with Crippen LogP contribution < -0.4 is 15.4 Å². The van der Waals surface area contributed by atoms with Crippen molar-refractivity contribution >= 4 is 15.7 Å². The predicted octanol–water partition coefficient (Wildman–Crippen LogP) is 0.487. The number of hydrogen-bond acceptors (Lipinski definition) is 5. The Morgan fingerprint density at radius 1 is 1.30 bits per heavy atom. The molecule has 1 amide bonds. The maximum absolute atomic E-state index is 12.8. The van der Waals surface area contributed by atoms with Gasteiger partial charge in [0.15, 0.2) is 14.6 Å². The summed E-state index contributed by atoms with van der Waals surface area (Å²) in [6, 6.07) is 5.53. The zero-order valence-corrected chi connectivity index (χ0v) is 13.8. The third-order valence-corrected chi connectivity index (χ3v) is 6.02. The summed E-state index contributed by atoms with van der Waals surface area (Å²) in [4.78, 5) is 12.4. The van der Waals surface area contributed by atoms with Crippen LogP contribution in [0.3, 0.4) is 0 Å². The van der Waals surface area contributed by atoms with Crippen LogP contribution in [-0.4, -0.2) is 51.6 Å². The molecule has 8 heteroatoms. The Kier molecular flexibility index (Phi) is 5.59. The first-order valence-electron chi connectivity index (χ1n) is 7.42. The molecule has 23 heavy (non-hydrogen) atoms. The molecule has 0 atom stereocenters. The van der Waals surface area contributed by atoms with Crippen LogP contribution in [0, 0.1) is 5.82 Å². The smallest absolute Gasteiger partial charge is 0.241 e. The van der Waals surface area contributed by atoms with Gasteiger partial charge in [0.25, 0.3) is 0 Å². The Morgan fingerprint density at radius 3 is 2.48 bits per heavy atom. The van der Waals surface area contributed by atoms with Gasteiger partial charge in [-0.2, -0.15) is 0 Å². The first kappa shape index (κ1) is 17.7. The Hall–Kier alpha value is -1.67. The van der Waals surface area contributed by atoms with Crippen LogP contribution in [0.15, 0.2) is 24.3 Å². The number of carbonyl (C=O) groups is 1. The summed E-state index contributed by atoms with van der Waals surface area (Å²) in [5.41, 5.74) is 0. The molecule has 0 aliphatic carbocycles. The second-order valence-electron chi connectivity index (χ2n) is 5.57. The number of benzene rings is 1. The van der Waals surface area contributed by atoms with Gasteiger partial charge in [0, 0.05) is 6.26 Å². The van der Waals surface area contributed by atoms with Crippen LogP contribution in [0.2, 0.25) is 0 Å². The second-order valence-corrected chi connectivity index (χ2v) is 7.90. The Bertz CT molecular complexity index is 640. The highest BCUT2D eigenvalue weighted by molar-refractivity contribution is 7.92. The number of rotatable bonds is 6. The summed E-state index contributed by atoms with van der Waals surface area (Å²) in [6.07, 6.45) is 1.62. The van der Waals surface area contributed by atoms with E-state index in [-0.39, 0.29) is 31.8 Å². The van der Waals surface area contributed by atoms with E-state index in [4.69, 9.17) is 4.74 Å². The fraction of sp³-hybridized carbons (Fsp3) is 0.533. The van der Waals surface area contributed by atoms with Crippen molar-refractivity contribution in [3.63, 3.8) is 0 Å². The summed E-state index contributed by atoms with van der Waals surface area (Å²) in [5.74, 6) is -0.351. The maximum atomic E-state index is 12.8. The quantitative estimate of drug-likeness (QED) is 0.734. The normalized spacial score (nSPS) is 17.5. The highest BCUT2D eigenvalue weighted by atomic mass is 32.2. The molecule has 0 radical (unpaired) electrons. The molecule has 1 heterocycles. The van der Waals surface area contributed by atoms with Crippen molar-refractivity contribution in [1.82, 2.24) is 10.6 Å². The molecule has 2 N–H and O–H groups in total. The van der Waals surface area contributed by atoms with Gasteiger partial charge in [-0.25, -0.2) is 12.8 Å². The summed E-state index contributed by atoms with van der Waals surface area (Å²) < 4.78 is 40.9. The fourth-order valence-corrected chi connectivity index (χ4v) is 3.98. The molecular formula is C15H21FN2O4S. The van der Waals surface area contributed by atoms with Gasteiger partial charge >= 0.3 is 0 Å². The van der Waals surface area contributed by atoms with Gasteiger partial charge in [-0.05, 0) is 50.2 Å². The van der Waals surface area contributed by atoms with Crippen molar-refractivity contribution in [3.8, 4) is 5.75 Å². The highest BCUT2D eigenvalue weighted by Crippen LogP contribution is 2.27. The van der Waals surface area contributed by atoms with Crippen LogP contribution in [0.1, 0.15) is 12.8 Å². The van der Waals surface area contributed by atoms with Crippen molar-refractivity contribution in [2.45, 2.75) is 17.6 Å². The molecule has 0 bridgehead atoms. The van der Waals surface area contributed by atoms with Gasteiger partial charge in [-0.15, -0.1) is 0 Å². The lowest BCUT2D eigenvalue weighted by atomic mass is 9.96. The standard InChI is InChI=1S/C15H21FN2O4S/c1-23(20,21)15(6-8-17-9-7-15)14(19)18-10-11-22-13-4-2-12(16)3-5-13/h2-5,17H,6-11H2,1H3,(H,18,19). The zero-order chi connectivity index (χ0) is 16.9. The average Bonchev–Trinajstić information content (AvgIpc) is 2.52.